The van der Waals surface area contributed by atoms with Gasteiger partial charge in [-0.15, -0.1) is 0 Å². The quantitative estimate of drug-likeness (QED) is 0.864. The van der Waals surface area contributed by atoms with Crippen LogP contribution >= 0.6 is 0 Å². The van der Waals surface area contributed by atoms with Gasteiger partial charge in [-0.25, -0.2) is 0 Å². The molecule has 1 heterocycles. The first-order valence-electron chi connectivity index (χ1n) is 7.72. The maximum atomic E-state index is 9.03. The summed E-state index contributed by atoms with van der Waals surface area (Å²) in [6.45, 7) is 7.00. The van der Waals surface area contributed by atoms with Crippen LogP contribution in [-0.4, -0.2) is 42.2 Å². The fraction of sp³-hybridized carbons (Fsp3) is 0.647. The van der Waals surface area contributed by atoms with Gasteiger partial charge in [0.25, 0.3) is 0 Å². The molecule has 3 heteroatoms. The zero-order valence-corrected chi connectivity index (χ0v) is 13.0. The third kappa shape index (κ3) is 4.05. The van der Waals surface area contributed by atoms with Crippen LogP contribution in [0.2, 0.25) is 0 Å². The minimum atomic E-state index is 0.128. The Balaban J connectivity index is 1.77. The highest BCUT2D eigenvalue weighted by Gasteiger charge is 2.28. The number of hydrogen-bond acceptors (Lipinski definition) is 3. The lowest BCUT2D eigenvalue weighted by Crippen LogP contribution is -2.51. The Morgan fingerprint density at radius 3 is 2.50 bits per heavy atom. The number of nitrogens with zero attached hydrogens (tertiary/aromatic N) is 1. The zero-order valence-electron chi connectivity index (χ0n) is 13.0. The van der Waals surface area contributed by atoms with Crippen molar-refractivity contribution in [2.24, 2.45) is 5.92 Å². The van der Waals surface area contributed by atoms with E-state index in [4.69, 9.17) is 5.11 Å². The molecular weight excluding hydrogens is 248 g/mol. The van der Waals surface area contributed by atoms with Gasteiger partial charge in [-0.05, 0) is 50.4 Å². The van der Waals surface area contributed by atoms with E-state index in [0.29, 0.717) is 18.0 Å². The first-order valence-corrected chi connectivity index (χ1v) is 7.72. The third-order valence-corrected chi connectivity index (χ3v) is 4.64. The van der Waals surface area contributed by atoms with Gasteiger partial charge in [0.1, 0.15) is 0 Å². The second kappa shape index (κ2) is 7.21. The maximum absolute atomic E-state index is 9.03. The van der Waals surface area contributed by atoms with Gasteiger partial charge in [-0.1, -0.05) is 31.2 Å². The number of rotatable bonds is 5. The molecule has 2 rings (SSSR count). The molecule has 3 atom stereocenters. The number of aliphatic hydroxyl groups excluding tert-OH is 1. The lowest BCUT2D eigenvalue weighted by Gasteiger charge is -2.40. The van der Waals surface area contributed by atoms with Crippen molar-refractivity contribution in [2.75, 3.05) is 20.1 Å². The number of piperidine rings is 1. The summed E-state index contributed by atoms with van der Waals surface area (Å²) < 4.78 is 0. The number of hydrogen-bond donors (Lipinski definition) is 2. The predicted molar refractivity (Wildman–Crippen MR) is 83.7 cm³/mol. The SMILES string of the molecule is CC1CN(C)C(C)CC1NCCc1ccc(CO)cc1. The Labute approximate surface area is 123 Å². The van der Waals surface area contributed by atoms with Crippen molar-refractivity contribution in [3.05, 3.63) is 35.4 Å². The predicted octanol–water partition coefficient (Wildman–Crippen LogP) is 2.04. The fourth-order valence-electron chi connectivity index (χ4n) is 3.04. The molecule has 2 N–H and O–H groups in total. The Morgan fingerprint density at radius 1 is 1.20 bits per heavy atom. The van der Waals surface area contributed by atoms with Crippen LogP contribution in [0.25, 0.3) is 0 Å². The van der Waals surface area contributed by atoms with Crippen LogP contribution in [0.4, 0.5) is 0 Å². The molecular formula is C17H28N2O. The van der Waals surface area contributed by atoms with Crippen molar-refractivity contribution in [3.63, 3.8) is 0 Å². The largest absolute Gasteiger partial charge is 0.392 e. The smallest absolute Gasteiger partial charge is 0.0681 e. The normalized spacial score (nSPS) is 27.7. The lowest BCUT2D eigenvalue weighted by atomic mass is 9.90. The van der Waals surface area contributed by atoms with Gasteiger partial charge in [0, 0.05) is 18.6 Å². The van der Waals surface area contributed by atoms with Crippen molar-refractivity contribution < 1.29 is 5.11 Å². The summed E-state index contributed by atoms with van der Waals surface area (Å²) in [4.78, 5) is 2.45. The molecule has 3 unspecified atom stereocenters. The van der Waals surface area contributed by atoms with Crippen LogP contribution in [0, 0.1) is 5.92 Å². The summed E-state index contributed by atoms with van der Waals surface area (Å²) >= 11 is 0. The molecule has 0 saturated carbocycles. The van der Waals surface area contributed by atoms with Crippen molar-refractivity contribution in [2.45, 2.75) is 45.4 Å². The van der Waals surface area contributed by atoms with Gasteiger partial charge in [-0.3, -0.25) is 0 Å². The van der Waals surface area contributed by atoms with Gasteiger partial charge < -0.3 is 15.3 Å². The number of nitrogens with one attached hydrogen (secondary N) is 1. The topological polar surface area (TPSA) is 35.5 Å². The van der Waals surface area contributed by atoms with Gasteiger partial charge >= 0.3 is 0 Å². The summed E-state index contributed by atoms with van der Waals surface area (Å²) in [5.41, 5.74) is 2.32. The van der Waals surface area contributed by atoms with E-state index in [1.807, 2.05) is 12.1 Å². The second-order valence-electron chi connectivity index (χ2n) is 6.29. The average molecular weight is 276 g/mol. The van der Waals surface area contributed by atoms with Crippen molar-refractivity contribution in [3.8, 4) is 0 Å². The van der Waals surface area contributed by atoms with E-state index in [2.05, 4.69) is 43.2 Å². The van der Waals surface area contributed by atoms with Crippen LogP contribution in [-0.2, 0) is 13.0 Å². The van der Waals surface area contributed by atoms with Gasteiger partial charge in [-0.2, -0.15) is 0 Å². The number of likely N-dealkylation sites (tertiary alicyclic amines) is 1. The highest BCUT2D eigenvalue weighted by atomic mass is 16.3. The number of aliphatic hydroxyl groups is 1. The standard InChI is InChI=1S/C17H28N2O/c1-13-11-19(3)14(2)10-17(13)18-9-8-15-4-6-16(12-20)7-5-15/h4-7,13-14,17-18,20H,8-12H2,1-3H3. The summed E-state index contributed by atoms with van der Waals surface area (Å²) in [6, 6.07) is 9.57. The zero-order chi connectivity index (χ0) is 14.5. The molecule has 1 fully saturated rings. The van der Waals surface area contributed by atoms with Crippen LogP contribution in [0.1, 0.15) is 31.4 Å². The monoisotopic (exact) mass is 276 g/mol. The minimum absolute atomic E-state index is 0.128. The van der Waals surface area contributed by atoms with E-state index < -0.39 is 0 Å². The van der Waals surface area contributed by atoms with Gasteiger partial charge in [0.15, 0.2) is 0 Å². The van der Waals surface area contributed by atoms with E-state index >= 15 is 0 Å². The van der Waals surface area contributed by atoms with Gasteiger partial charge in [0.05, 0.1) is 6.61 Å². The van der Waals surface area contributed by atoms with Gasteiger partial charge in [0.2, 0.25) is 0 Å². The van der Waals surface area contributed by atoms with E-state index in [9.17, 15) is 0 Å². The first-order chi connectivity index (χ1) is 9.60. The van der Waals surface area contributed by atoms with Crippen molar-refractivity contribution >= 4 is 0 Å². The molecule has 3 nitrogen and oxygen atoms in total. The van der Waals surface area contributed by atoms with Crippen LogP contribution in [0.3, 0.4) is 0 Å². The molecule has 0 spiro atoms. The molecule has 1 aromatic rings. The number of benzene rings is 1. The molecule has 112 valence electrons. The fourth-order valence-corrected chi connectivity index (χ4v) is 3.04. The molecule has 1 aliphatic heterocycles. The van der Waals surface area contributed by atoms with Crippen molar-refractivity contribution in [1.82, 2.24) is 10.2 Å². The molecule has 0 bridgehead atoms. The highest BCUT2D eigenvalue weighted by Crippen LogP contribution is 2.20. The highest BCUT2D eigenvalue weighted by molar-refractivity contribution is 5.22. The molecule has 0 aliphatic carbocycles. The second-order valence-corrected chi connectivity index (χ2v) is 6.29. The van der Waals surface area contributed by atoms with Crippen LogP contribution < -0.4 is 5.32 Å². The van der Waals surface area contributed by atoms with Crippen molar-refractivity contribution in [1.29, 1.82) is 0 Å². The summed E-state index contributed by atoms with van der Waals surface area (Å²) in [5, 5.41) is 12.8. The molecule has 1 saturated heterocycles. The molecule has 20 heavy (non-hydrogen) atoms. The first kappa shape index (κ1) is 15.5. The molecule has 1 aromatic carbocycles. The lowest BCUT2D eigenvalue weighted by molar-refractivity contribution is 0.122. The maximum Gasteiger partial charge on any atom is 0.0681 e. The van der Waals surface area contributed by atoms with E-state index in [1.54, 1.807) is 0 Å². The Bertz CT molecular complexity index is 404. The van der Waals surface area contributed by atoms with E-state index in [1.165, 1.54) is 18.5 Å². The average Bonchev–Trinajstić information content (AvgIpc) is 2.45. The summed E-state index contributed by atoms with van der Waals surface area (Å²) in [7, 11) is 2.22. The molecule has 0 amide bonds. The Kier molecular flexibility index (Phi) is 5.58. The van der Waals surface area contributed by atoms with Crippen LogP contribution in [0.15, 0.2) is 24.3 Å². The molecule has 0 aromatic heterocycles. The van der Waals surface area contributed by atoms with E-state index in [0.717, 1.165) is 18.5 Å². The minimum Gasteiger partial charge on any atom is -0.392 e. The Morgan fingerprint density at radius 2 is 1.85 bits per heavy atom. The molecule has 0 radical (unpaired) electrons. The van der Waals surface area contributed by atoms with Crippen LogP contribution in [0.5, 0.6) is 0 Å². The van der Waals surface area contributed by atoms with E-state index in [-0.39, 0.29) is 6.61 Å². The molecule has 1 aliphatic rings. The third-order valence-electron chi connectivity index (χ3n) is 4.64. The summed E-state index contributed by atoms with van der Waals surface area (Å²) in [6.07, 6.45) is 2.29. The Hall–Kier alpha value is -0.900. The summed E-state index contributed by atoms with van der Waals surface area (Å²) in [5.74, 6) is 0.716.